The maximum Gasteiger partial charge on any atom is 0.233 e. The van der Waals surface area contributed by atoms with E-state index >= 15 is 0 Å². The van der Waals surface area contributed by atoms with Crippen LogP contribution in [0.5, 0.6) is 5.75 Å². The number of carbonyl (C=O) groups is 1. The van der Waals surface area contributed by atoms with Crippen LogP contribution < -0.4 is 10.1 Å². The predicted molar refractivity (Wildman–Crippen MR) is 98.0 cm³/mol. The van der Waals surface area contributed by atoms with Crippen molar-refractivity contribution in [2.24, 2.45) is 0 Å². The molecule has 0 spiro atoms. The minimum atomic E-state index is -0.163. The fourth-order valence-electron chi connectivity index (χ4n) is 2.11. The van der Waals surface area contributed by atoms with Crippen LogP contribution in [0.3, 0.4) is 0 Å². The minimum absolute atomic E-state index is 0.0224. The summed E-state index contributed by atoms with van der Waals surface area (Å²) < 4.78 is 10.3. The Bertz CT molecular complexity index is 670. The van der Waals surface area contributed by atoms with Gasteiger partial charge in [-0.2, -0.15) is 4.98 Å². The van der Waals surface area contributed by atoms with Crippen molar-refractivity contribution in [3.63, 3.8) is 0 Å². The highest BCUT2D eigenvalue weighted by Gasteiger charge is 2.14. The lowest BCUT2D eigenvalue weighted by Crippen LogP contribution is -2.31. The zero-order valence-corrected chi connectivity index (χ0v) is 15.9. The van der Waals surface area contributed by atoms with Gasteiger partial charge in [0.15, 0.2) is 5.82 Å². The van der Waals surface area contributed by atoms with E-state index in [1.54, 1.807) is 7.11 Å². The molecule has 1 amide bonds. The van der Waals surface area contributed by atoms with Gasteiger partial charge in [0, 0.05) is 23.8 Å². The number of thioether (sulfide) groups is 1. The summed E-state index contributed by atoms with van der Waals surface area (Å²) in [7, 11) is 1.64. The maximum absolute atomic E-state index is 12.2. The average Bonchev–Trinajstić information content (AvgIpc) is 3.08. The number of hydrogen-bond donors (Lipinski definition) is 1. The zero-order valence-electron chi connectivity index (χ0n) is 15.1. The smallest absolute Gasteiger partial charge is 0.233 e. The van der Waals surface area contributed by atoms with E-state index in [2.05, 4.69) is 15.5 Å². The number of ether oxygens (including phenoxy) is 1. The Morgan fingerprint density at radius 3 is 2.60 bits per heavy atom. The third kappa shape index (κ3) is 6.08. The first-order valence-corrected chi connectivity index (χ1v) is 9.28. The van der Waals surface area contributed by atoms with E-state index in [0.29, 0.717) is 18.9 Å². The molecule has 1 unspecified atom stereocenters. The molecule has 6 nitrogen and oxygen atoms in total. The van der Waals surface area contributed by atoms with E-state index in [0.717, 1.165) is 22.9 Å². The van der Waals surface area contributed by atoms with Gasteiger partial charge in [0.25, 0.3) is 0 Å². The summed E-state index contributed by atoms with van der Waals surface area (Å²) in [5.74, 6) is 2.44. The highest BCUT2D eigenvalue weighted by atomic mass is 32.2. The Morgan fingerprint density at radius 2 is 2.00 bits per heavy atom. The molecule has 0 bridgehead atoms. The molecule has 1 atom stereocenters. The lowest BCUT2D eigenvalue weighted by atomic mass is 10.2. The molecule has 0 aliphatic carbocycles. The Morgan fingerprint density at radius 1 is 1.28 bits per heavy atom. The highest BCUT2D eigenvalue weighted by molar-refractivity contribution is 8.00. The lowest BCUT2D eigenvalue weighted by molar-refractivity contribution is -0.120. The first kappa shape index (κ1) is 19.3. The molecule has 2 aromatic rings. The van der Waals surface area contributed by atoms with Gasteiger partial charge < -0.3 is 14.6 Å². The molecule has 2 rings (SSSR count). The monoisotopic (exact) mass is 363 g/mol. The van der Waals surface area contributed by atoms with Crippen LogP contribution in [0, 0.1) is 0 Å². The summed E-state index contributed by atoms with van der Waals surface area (Å²) in [6.45, 7) is 6.54. The summed E-state index contributed by atoms with van der Waals surface area (Å²) in [5, 5.41) is 6.72. The van der Waals surface area contributed by atoms with Crippen LogP contribution in [0.15, 0.2) is 33.7 Å². The number of nitrogens with one attached hydrogen (secondary N) is 1. The quantitative estimate of drug-likeness (QED) is 0.543. The fraction of sp³-hybridized carbons (Fsp3) is 0.500. The second-order valence-corrected chi connectivity index (χ2v) is 7.45. The number of aromatic nitrogens is 2. The molecule has 0 aliphatic rings. The minimum Gasteiger partial charge on any atom is -0.497 e. The first-order chi connectivity index (χ1) is 12.0. The number of methoxy groups -OCH3 is 1. The third-order valence-electron chi connectivity index (χ3n) is 3.61. The van der Waals surface area contributed by atoms with E-state index < -0.39 is 0 Å². The molecule has 1 N–H and O–H groups in total. The Hall–Kier alpha value is -2.02. The van der Waals surface area contributed by atoms with E-state index in [1.807, 2.05) is 45.0 Å². The molecule has 0 radical (unpaired) electrons. The number of aryl methyl sites for hydroxylation is 1. The van der Waals surface area contributed by atoms with E-state index in [1.165, 1.54) is 11.8 Å². The van der Waals surface area contributed by atoms with Crippen LogP contribution in [0.2, 0.25) is 0 Å². The first-order valence-electron chi connectivity index (χ1n) is 8.40. The summed E-state index contributed by atoms with van der Waals surface area (Å²) in [6.07, 6.45) is 1.44. The van der Waals surface area contributed by atoms with Crippen LogP contribution in [-0.4, -0.2) is 35.0 Å². The summed E-state index contributed by atoms with van der Waals surface area (Å²) in [6, 6.07) is 7.69. The topological polar surface area (TPSA) is 77.2 Å². The second-order valence-electron chi connectivity index (χ2n) is 6.03. The van der Waals surface area contributed by atoms with Gasteiger partial charge in [-0.05, 0) is 37.6 Å². The SMILES string of the molecule is COc1ccc(SC(C)C(=O)NCCCc2nc(C(C)C)no2)cc1. The standard InChI is InChI=1S/C18H25N3O3S/c1-12(2)17-20-16(24-21-17)6-5-11-19-18(22)13(3)25-15-9-7-14(23-4)8-10-15/h7-10,12-13H,5-6,11H2,1-4H3,(H,19,22). The molecule has 0 aliphatic heterocycles. The molecule has 25 heavy (non-hydrogen) atoms. The Balaban J connectivity index is 1.69. The van der Waals surface area contributed by atoms with Gasteiger partial charge in [0.2, 0.25) is 11.8 Å². The Kier molecular flexibility index (Phi) is 7.31. The molecule has 1 heterocycles. The molecular formula is C18H25N3O3S. The number of rotatable bonds is 9. The van der Waals surface area contributed by atoms with Crippen molar-refractivity contribution in [2.75, 3.05) is 13.7 Å². The molecule has 136 valence electrons. The lowest BCUT2D eigenvalue weighted by Gasteiger charge is -2.12. The van der Waals surface area contributed by atoms with Crippen LogP contribution >= 0.6 is 11.8 Å². The van der Waals surface area contributed by atoms with Gasteiger partial charge in [-0.25, -0.2) is 0 Å². The number of nitrogens with zero attached hydrogens (tertiary/aromatic N) is 2. The largest absolute Gasteiger partial charge is 0.497 e. The van der Waals surface area contributed by atoms with E-state index in [-0.39, 0.29) is 17.1 Å². The number of hydrogen-bond acceptors (Lipinski definition) is 6. The Labute approximate surface area is 152 Å². The third-order valence-corrected chi connectivity index (χ3v) is 4.72. The number of amides is 1. The summed E-state index contributed by atoms with van der Waals surface area (Å²) in [5.41, 5.74) is 0. The van der Waals surface area contributed by atoms with Gasteiger partial charge in [-0.3, -0.25) is 4.79 Å². The van der Waals surface area contributed by atoms with Crippen molar-refractivity contribution < 1.29 is 14.1 Å². The second kappa shape index (κ2) is 9.46. The molecule has 0 saturated heterocycles. The van der Waals surface area contributed by atoms with Gasteiger partial charge in [-0.15, -0.1) is 11.8 Å². The van der Waals surface area contributed by atoms with E-state index in [4.69, 9.17) is 9.26 Å². The summed E-state index contributed by atoms with van der Waals surface area (Å²) >= 11 is 1.52. The van der Waals surface area contributed by atoms with Crippen LogP contribution in [-0.2, 0) is 11.2 Å². The van der Waals surface area contributed by atoms with Gasteiger partial charge in [0.05, 0.1) is 12.4 Å². The number of benzene rings is 1. The molecule has 7 heteroatoms. The zero-order chi connectivity index (χ0) is 18.2. The fourth-order valence-corrected chi connectivity index (χ4v) is 3.00. The van der Waals surface area contributed by atoms with Crippen LogP contribution in [0.1, 0.15) is 44.8 Å². The predicted octanol–water partition coefficient (Wildman–Crippen LogP) is 3.43. The van der Waals surface area contributed by atoms with Crippen LogP contribution in [0.4, 0.5) is 0 Å². The van der Waals surface area contributed by atoms with Crippen molar-refractivity contribution in [1.82, 2.24) is 15.5 Å². The van der Waals surface area contributed by atoms with Gasteiger partial charge >= 0.3 is 0 Å². The van der Waals surface area contributed by atoms with Gasteiger partial charge in [-0.1, -0.05) is 19.0 Å². The number of carbonyl (C=O) groups excluding carboxylic acids is 1. The van der Waals surface area contributed by atoms with E-state index in [9.17, 15) is 4.79 Å². The van der Waals surface area contributed by atoms with Crippen LogP contribution in [0.25, 0.3) is 0 Å². The highest BCUT2D eigenvalue weighted by Crippen LogP contribution is 2.25. The molecule has 1 aromatic carbocycles. The van der Waals surface area contributed by atoms with Gasteiger partial charge in [0.1, 0.15) is 5.75 Å². The van der Waals surface area contributed by atoms with Crippen molar-refractivity contribution >= 4 is 17.7 Å². The molecular weight excluding hydrogens is 338 g/mol. The molecule has 0 fully saturated rings. The normalized spacial score (nSPS) is 12.2. The van der Waals surface area contributed by atoms with Crippen molar-refractivity contribution in [2.45, 2.75) is 49.7 Å². The van der Waals surface area contributed by atoms with Crippen molar-refractivity contribution in [3.05, 3.63) is 36.0 Å². The average molecular weight is 363 g/mol. The molecule has 0 saturated carbocycles. The van der Waals surface area contributed by atoms with Crippen molar-refractivity contribution in [1.29, 1.82) is 0 Å². The summed E-state index contributed by atoms with van der Waals surface area (Å²) in [4.78, 5) is 17.5. The maximum atomic E-state index is 12.2. The van der Waals surface area contributed by atoms with Crippen molar-refractivity contribution in [3.8, 4) is 5.75 Å². The molecule has 1 aromatic heterocycles.